The van der Waals surface area contributed by atoms with Crippen LogP contribution in [-0.2, 0) is 0 Å². The Morgan fingerprint density at radius 2 is 1.73 bits per heavy atom. The van der Waals surface area contributed by atoms with Gasteiger partial charge in [-0.05, 0) is 42.9 Å². The SMILES string of the molecule is CCC1=CC(CC)C(O)(CC)C=C1CC. The number of hydrogen-bond donors (Lipinski definition) is 1. The van der Waals surface area contributed by atoms with Gasteiger partial charge in [-0.3, -0.25) is 0 Å². The maximum absolute atomic E-state index is 10.5. The first-order chi connectivity index (χ1) is 7.11. The summed E-state index contributed by atoms with van der Waals surface area (Å²) < 4.78 is 0. The highest BCUT2D eigenvalue weighted by Crippen LogP contribution is 2.37. The van der Waals surface area contributed by atoms with E-state index in [1.54, 1.807) is 0 Å². The van der Waals surface area contributed by atoms with Gasteiger partial charge >= 0.3 is 0 Å². The Kier molecular flexibility index (Phi) is 4.15. The van der Waals surface area contributed by atoms with Gasteiger partial charge in [0.15, 0.2) is 0 Å². The van der Waals surface area contributed by atoms with Crippen molar-refractivity contribution in [2.45, 2.75) is 59.0 Å². The van der Waals surface area contributed by atoms with Crippen LogP contribution in [0.15, 0.2) is 23.3 Å². The monoisotopic (exact) mass is 208 g/mol. The quantitative estimate of drug-likeness (QED) is 0.744. The van der Waals surface area contributed by atoms with Gasteiger partial charge in [-0.25, -0.2) is 0 Å². The van der Waals surface area contributed by atoms with Crippen LogP contribution in [0.25, 0.3) is 0 Å². The summed E-state index contributed by atoms with van der Waals surface area (Å²) in [4.78, 5) is 0. The lowest BCUT2D eigenvalue weighted by Crippen LogP contribution is -2.36. The molecule has 0 fully saturated rings. The maximum atomic E-state index is 10.5. The minimum absolute atomic E-state index is 0.299. The molecule has 1 aliphatic rings. The Balaban J connectivity index is 3.05. The van der Waals surface area contributed by atoms with Crippen molar-refractivity contribution in [3.8, 4) is 0 Å². The van der Waals surface area contributed by atoms with E-state index in [9.17, 15) is 5.11 Å². The second-order valence-electron chi connectivity index (χ2n) is 4.43. The standard InChI is InChI=1S/C14H24O/c1-5-11-9-13(7-3)14(15,8-4)10-12(11)6-2/h9-10,13,15H,5-8H2,1-4H3. The van der Waals surface area contributed by atoms with Gasteiger partial charge in [0.05, 0.1) is 5.60 Å². The highest BCUT2D eigenvalue weighted by atomic mass is 16.3. The second-order valence-corrected chi connectivity index (χ2v) is 4.43. The highest BCUT2D eigenvalue weighted by molar-refractivity contribution is 5.38. The zero-order valence-corrected chi connectivity index (χ0v) is 10.5. The molecule has 0 aliphatic heterocycles. The van der Waals surface area contributed by atoms with Crippen molar-refractivity contribution in [1.82, 2.24) is 0 Å². The molecule has 0 heterocycles. The average Bonchev–Trinajstić information content (AvgIpc) is 2.28. The Morgan fingerprint density at radius 3 is 2.13 bits per heavy atom. The molecular weight excluding hydrogens is 184 g/mol. The molecule has 0 saturated heterocycles. The molecule has 86 valence electrons. The molecule has 2 atom stereocenters. The zero-order chi connectivity index (χ0) is 11.5. The van der Waals surface area contributed by atoms with Crippen molar-refractivity contribution in [2.75, 3.05) is 0 Å². The van der Waals surface area contributed by atoms with Crippen molar-refractivity contribution in [2.24, 2.45) is 5.92 Å². The third-order valence-corrected chi connectivity index (χ3v) is 3.65. The molecule has 0 saturated carbocycles. The molecule has 2 unspecified atom stereocenters. The molecule has 1 aliphatic carbocycles. The summed E-state index contributed by atoms with van der Waals surface area (Å²) >= 11 is 0. The van der Waals surface area contributed by atoms with Crippen LogP contribution in [0, 0.1) is 5.92 Å². The van der Waals surface area contributed by atoms with Crippen LogP contribution in [0.5, 0.6) is 0 Å². The van der Waals surface area contributed by atoms with E-state index in [0.717, 1.165) is 25.7 Å². The number of hydrogen-bond acceptors (Lipinski definition) is 1. The molecular formula is C14H24O. The molecule has 0 amide bonds. The van der Waals surface area contributed by atoms with Crippen LogP contribution in [0.3, 0.4) is 0 Å². The molecule has 0 aromatic rings. The Labute approximate surface area is 93.9 Å². The topological polar surface area (TPSA) is 20.2 Å². The summed E-state index contributed by atoms with van der Waals surface area (Å²) in [5.41, 5.74) is 2.17. The summed E-state index contributed by atoms with van der Waals surface area (Å²) in [6.45, 7) is 8.58. The Bertz CT molecular complexity index is 275. The van der Waals surface area contributed by atoms with E-state index >= 15 is 0 Å². The van der Waals surface area contributed by atoms with Crippen molar-refractivity contribution < 1.29 is 5.11 Å². The van der Waals surface area contributed by atoms with Crippen molar-refractivity contribution in [1.29, 1.82) is 0 Å². The lowest BCUT2D eigenvalue weighted by atomic mass is 9.75. The van der Waals surface area contributed by atoms with Gasteiger partial charge in [0, 0.05) is 5.92 Å². The summed E-state index contributed by atoms with van der Waals surface area (Å²) in [6, 6.07) is 0. The molecule has 0 spiro atoms. The lowest BCUT2D eigenvalue weighted by Gasteiger charge is -2.36. The van der Waals surface area contributed by atoms with Gasteiger partial charge in [0.25, 0.3) is 0 Å². The summed E-state index contributed by atoms with van der Waals surface area (Å²) in [7, 11) is 0. The van der Waals surface area contributed by atoms with Crippen LogP contribution in [0.4, 0.5) is 0 Å². The van der Waals surface area contributed by atoms with Crippen molar-refractivity contribution in [3.63, 3.8) is 0 Å². The number of allylic oxidation sites excluding steroid dienone is 2. The first-order valence-corrected chi connectivity index (χ1v) is 6.26. The summed E-state index contributed by atoms with van der Waals surface area (Å²) in [6.07, 6.45) is 8.33. The third-order valence-electron chi connectivity index (χ3n) is 3.65. The fourth-order valence-corrected chi connectivity index (χ4v) is 2.51. The normalized spacial score (nSPS) is 31.1. The minimum Gasteiger partial charge on any atom is -0.385 e. The highest BCUT2D eigenvalue weighted by Gasteiger charge is 2.33. The number of aliphatic hydroxyl groups is 1. The minimum atomic E-state index is -0.598. The predicted octanol–water partition coefficient (Wildman–Crippen LogP) is 3.84. The van der Waals surface area contributed by atoms with E-state index in [4.69, 9.17) is 0 Å². The van der Waals surface area contributed by atoms with Gasteiger partial charge < -0.3 is 5.11 Å². The van der Waals surface area contributed by atoms with E-state index in [1.807, 2.05) is 0 Å². The molecule has 1 heteroatoms. The largest absolute Gasteiger partial charge is 0.385 e. The van der Waals surface area contributed by atoms with Crippen molar-refractivity contribution in [3.05, 3.63) is 23.3 Å². The van der Waals surface area contributed by atoms with E-state index < -0.39 is 5.60 Å². The van der Waals surface area contributed by atoms with Crippen LogP contribution < -0.4 is 0 Å². The van der Waals surface area contributed by atoms with Crippen LogP contribution in [0.2, 0.25) is 0 Å². The molecule has 1 rings (SSSR count). The second kappa shape index (κ2) is 4.98. The van der Waals surface area contributed by atoms with Gasteiger partial charge in [0.1, 0.15) is 0 Å². The summed E-state index contributed by atoms with van der Waals surface area (Å²) in [5, 5.41) is 10.5. The summed E-state index contributed by atoms with van der Waals surface area (Å²) in [5.74, 6) is 0.299. The third kappa shape index (κ3) is 2.34. The van der Waals surface area contributed by atoms with Gasteiger partial charge in [-0.1, -0.05) is 33.8 Å². The molecule has 0 aromatic carbocycles. The molecule has 0 bridgehead atoms. The molecule has 15 heavy (non-hydrogen) atoms. The van der Waals surface area contributed by atoms with E-state index in [-0.39, 0.29) is 0 Å². The molecule has 1 N–H and O–H groups in total. The number of rotatable bonds is 4. The fraction of sp³-hybridized carbons (Fsp3) is 0.714. The molecule has 0 radical (unpaired) electrons. The van der Waals surface area contributed by atoms with E-state index in [2.05, 4.69) is 39.8 Å². The van der Waals surface area contributed by atoms with E-state index in [1.165, 1.54) is 11.1 Å². The Hall–Kier alpha value is -0.560. The van der Waals surface area contributed by atoms with Gasteiger partial charge in [-0.2, -0.15) is 0 Å². The van der Waals surface area contributed by atoms with Gasteiger partial charge in [-0.15, -0.1) is 0 Å². The van der Waals surface area contributed by atoms with Gasteiger partial charge in [0.2, 0.25) is 0 Å². The fourth-order valence-electron chi connectivity index (χ4n) is 2.51. The van der Waals surface area contributed by atoms with Crippen LogP contribution in [-0.4, -0.2) is 10.7 Å². The van der Waals surface area contributed by atoms with E-state index in [0.29, 0.717) is 5.92 Å². The first kappa shape index (κ1) is 12.5. The van der Waals surface area contributed by atoms with Crippen LogP contribution in [0.1, 0.15) is 53.4 Å². The lowest BCUT2D eigenvalue weighted by molar-refractivity contribution is 0.0392. The predicted molar refractivity (Wildman–Crippen MR) is 65.8 cm³/mol. The molecule has 1 nitrogen and oxygen atoms in total. The average molecular weight is 208 g/mol. The maximum Gasteiger partial charge on any atom is 0.0893 e. The zero-order valence-electron chi connectivity index (χ0n) is 10.5. The molecule has 0 aromatic heterocycles. The smallest absolute Gasteiger partial charge is 0.0893 e. The van der Waals surface area contributed by atoms with Crippen molar-refractivity contribution >= 4 is 0 Å². The van der Waals surface area contributed by atoms with Crippen LogP contribution >= 0.6 is 0 Å². The Morgan fingerprint density at radius 1 is 1.13 bits per heavy atom. The first-order valence-electron chi connectivity index (χ1n) is 6.26.